The molecule has 0 N–H and O–H groups in total. The van der Waals surface area contributed by atoms with Gasteiger partial charge < -0.3 is 14.4 Å². The van der Waals surface area contributed by atoms with Crippen molar-refractivity contribution in [1.29, 1.82) is 0 Å². The molecule has 0 bridgehead atoms. The van der Waals surface area contributed by atoms with Gasteiger partial charge in [-0.15, -0.1) is 0 Å². The van der Waals surface area contributed by atoms with E-state index in [2.05, 4.69) is 0 Å². The number of benzene rings is 3. The predicted octanol–water partition coefficient (Wildman–Crippen LogP) is 3.85. The first-order chi connectivity index (χ1) is 13.2. The minimum absolute atomic E-state index is 0.146. The summed E-state index contributed by atoms with van der Waals surface area (Å²) in [4.78, 5) is 25.3. The quantitative estimate of drug-likeness (QED) is 0.648. The topological polar surface area (TPSA) is 55.8 Å². The highest BCUT2D eigenvalue weighted by Crippen LogP contribution is 2.34. The summed E-state index contributed by atoms with van der Waals surface area (Å²) in [6.45, 7) is 2.42. The minimum atomic E-state index is -0.572. The van der Waals surface area contributed by atoms with E-state index in [9.17, 15) is 9.59 Å². The third-order valence-electron chi connectivity index (χ3n) is 4.65. The fourth-order valence-electron chi connectivity index (χ4n) is 3.30. The molecule has 136 valence electrons. The van der Waals surface area contributed by atoms with Crippen molar-refractivity contribution in [1.82, 2.24) is 0 Å². The van der Waals surface area contributed by atoms with Crippen molar-refractivity contribution in [3.63, 3.8) is 0 Å². The lowest BCUT2D eigenvalue weighted by Gasteiger charge is -2.33. The molecule has 1 atom stereocenters. The molecule has 1 aliphatic heterocycles. The van der Waals surface area contributed by atoms with Crippen molar-refractivity contribution in [2.45, 2.75) is 13.0 Å². The van der Waals surface area contributed by atoms with Gasteiger partial charge in [-0.05, 0) is 36.6 Å². The van der Waals surface area contributed by atoms with Crippen molar-refractivity contribution in [2.24, 2.45) is 0 Å². The third-order valence-corrected chi connectivity index (χ3v) is 4.65. The summed E-state index contributed by atoms with van der Waals surface area (Å²) >= 11 is 0. The lowest BCUT2D eigenvalue weighted by molar-refractivity contribution is -0.125. The first-order valence-electron chi connectivity index (χ1n) is 8.85. The molecule has 1 aliphatic rings. The number of nitrogens with zero attached hydrogens (tertiary/aromatic N) is 1. The molecule has 0 saturated carbocycles. The first kappa shape index (κ1) is 17.1. The Morgan fingerprint density at radius 1 is 1.11 bits per heavy atom. The van der Waals surface area contributed by atoms with Crippen LogP contribution >= 0.6 is 0 Å². The van der Waals surface area contributed by atoms with Crippen LogP contribution in [0.3, 0.4) is 0 Å². The Kier molecular flexibility index (Phi) is 4.50. The lowest BCUT2D eigenvalue weighted by Crippen LogP contribution is -2.46. The van der Waals surface area contributed by atoms with E-state index in [1.54, 1.807) is 30.0 Å². The predicted molar refractivity (Wildman–Crippen MR) is 104 cm³/mol. The van der Waals surface area contributed by atoms with Crippen LogP contribution in [0.2, 0.25) is 0 Å². The summed E-state index contributed by atoms with van der Waals surface area (Å²) in [6.07, 6.45) is 0.185. The molecule has 0 radical (unpaired) electrons. The highest BCUT2D eigenvalue weighted by atomic mass is 16.5. The summed E-state index contributed by atoms with van der Waals surface area (Å²) < 4.78 is 11.6. The Balaban J connectivity index is 1.55. The number of rotatable bonds is 5. The van der Waals surface area contributed by atoms with E-state index in [1.807, 2.05) is 42.5 Å². The van der Waals surface area contributed by atoms with Crippen LogP contribution in [-0.4, -0.2) is 31.4 Å². The molecule has 0 aromatic heterocycles. The molecule has 1 heterocycles. The minimum Gasteiger partial charge on any atom is -0.491 e. The van der Waals surface area contributed by atoms with Crippen LogP contribution in [0, 0.1) is 0 Å². The summed E-state index contributed by atoms with van der Waals surface area (Å²) in [5.41, 5.74) is 1.10. The van der Waals surface area contributed by atoms with Crippen molar-refractivity contribution >= 4 is 28.7 Å². The molecule has 4 rings (SSSR count). The van der Waals surface area contributed by atoms with E-state index >= 15 is 0 Å². The average molecular weight is 361 g/mol. The standard InChI is InChI=1S/C22H19NO4/c1-15-22(25)23(19-13-16(14-24)9-10-21(19)27-15)11-12-26-20-8-4-6-17-5-2-3-7-18(17)20/h2-10,13-15H,11-12H2,1H3. The maximum atomic E-state index is 12.6. The monoisotopic (exact) mass is 361 g/mol. The van der Waals surface area contributed by atoms with E-state index in [-0.39, 0.29) is 5.91 Å². The second kappa shape index (κ2) is 7.11. The van der Waals surface area contributed by atoms with Gasteiger partial charge in [0.2, 0.25) is 0 Å². The van der Waals surface area contributed by atoms with E-state index in [1.165, 1.54) is 0 Å². The Hall–Kier alpha value is -3.34. The molecule has 5 heteroatoms. The van der Waals surface area contributed by atoms with Crippen molar-refractivity contribution in [3.8, 4) is 11.5 Å². The Bertz CT molecular complexity index is 1010. The zero-order chi connectivity index (χ0) is 18.8. The van der Waals surface area contributed by atoms with Crippen molar-refractivity contribution < 1.29 is 19.1 Å². The van der Waals surface area contributed by atoms with Crippen LogP contribution < -0.4 is 14.4 Å². The fourth-order valence-corrected chi connectivity index (χ4v) is 3.30. The maximum absolute atomic E-state index is 12.6. The number of hydrogen-bond donors (Lipinski definition) is 0. The lowest BCUT2D eigenvalue weighted by atomic mass is 10.1. The van der Waals surface area contributed by atoms with Gasteiger partial charge in [-0.3, -0.25) is 9.59 Å². The second-order valence-electron chi connectivity index (χ2n) is 6.42. The van der Waals surface area contributed by atoms with Gasteiger partial charge in [0.1, 0.15) is 24.4 Å². The van der Waals surface area contributed by atoms with Gasteiger partial charge in [-0.2, -0.15) is 0 Å². The van der Waals surface area contributed by atoms with Crippen LogP contribution in [-0.2, 0) is 4.79 Å². The molecule has 0 saturated heterocycles. The summed E-state index contributed by atoms with van der Waals surface area (Å²) in [5.74, 6) is 1.23. The summed E-state index contributed by atoms with van der Waals surface area (Å²) in [5, 5.41) is 2.14. The SMILES string of the molecule is CC1Oc2ccc(C=O)cc2N(CCOc2cccc3ccccc23)C1=O. The molecule has 1 amide bonds. The smallest absolute Gasteiger partial charge is 0.267 e. The summed E-state index contributed by atoms with van der Waals surface area (Å²) in [6, 6.07) is 19.0. The molecular formula is C22H19NO4. The van der Waals surface area contributed by atoms with E-state index in [4.69, 9.17) is 9.47 Å². The number of amides is 1. The molecule has 27 heavy (non-hydrogen) atoms. The number of carbonyl (C=O) groups excluding carboxylic acids is 2. The van der Waals surface area contributed by atoms with E-state index in [0.717, 1.165) is 22.8 Å². The van der Waals surface area contributed by atoms with Crippen LogP contribution in [0.5, 0.6) is 11.5 Å². The van der Waals surface area contributed by atoms with Gasteiger partial charge in [-0.1, -0.05) is 36.4 Å². The summed E-state index contributed by atoms with van der Waals surface area (Å²) in [7, 11) is 0. The van der Waals surface area contributed by atoms with Crippen LogP contribution in [0.25, 0.3) is 10.8 Å². The number of hydrogen-bond acceptors (Lipinski definition) is 4. The highest BCUT2D eigenvalue weighted by molar-refractivity contribution is 6.00. The molecule has 0 fully saturated rings. The Morgan fingerprint density at radius 2 is 1.93 bits per heavy atom. The number of anilines is 1. The first-order valence-corrected chi connectivity index (χ1v) is 8.85. The Morgan fingerprint density at radius 3 is 2.78 bits per heavy atom. The zero-order valence-electron chi connectivity index (χ0n) is 14.9. The van der Waals surface area contributed by atoms with Gasteiger partial charge >= 0.3 is 0 Å². The second-order valence-corrected chi connectivity index (χ2v) is 6.42. The van der Waals surface area contributed by atoms with Crippen LogP contribution in [0.4, 0.5) is 5.69 Å². The average Bonchev–Trinajstić information content (AvgIpc) is 2.70. The van der Waals surface area contributed by atoms with E-state index < -0.39 is 6.10 Å². The number of aldehydes is 1. The van der Waals surface area contributed by atoms with Gasteiger partial charge in [0.05, 0.1) is 12.2 Å². The van der Waals surface area contributed by atoms with Crippen molar-refractivity contribution in [3.05, 3.63) is 66.2 Å². The third kappa shape index (κ3) is 3.24. The van der Waals surface area contributed by atoms with Gasteiger partial charge in [0, 0.05) is 10.9 Å². The molecule has 3 aromatic carbocycles. The molecule has 5 nitrogen and oxygen atoms in total. The maximum Gasteiger partial charge on any atom is 0.267 e. The van der Waals surface area contributed by atoms with E-state index in [0.29, 0.717) is 30.2 Å². The zero-order valence-corrected chi connectivity index (χ0v) is 14.9. The largest absolute Gasteiger partial charge is 0.491 e. The van der Waals surface area contributed by atoms with Crippen molar-refractivity contribution in [2.75, 3.05) is 18.1 Å². The van der Waals surface area contributed by atoms with Gasteiger partial charge in [-0.25, -0.2) is 0 Å². The molecule has 0 spiro atoms. The highest BCUT2D eigenvalue weighted by Gasteiger charge is 2.31. The Labute approximate surface area is 157 Å². The molecule has 0 aliphatic carbocycles. The van der Waals surface area contributed by atoms with Gasteiger partial charge in [0.15, 0.2) is 6.10 Å². The number of carbonyl (C=O) groups is 2. The van der Waals surface area contributed by atoms with Gasteiger partial charge in [0.25, 0.3) is 5.91 Å². The molecule has 3 aromatic rings. The number of ether oxygens (including phenoxy) is 2. The molecule has 1 unspecified atom stereocenters. The van der Waals surface area contributed by atoms with Crippen LogP contribution in [0.1, 0.15) is 17.3 Å². The molecular weight excluding hydrogens is 342 g/mol. The van der Waals surface area contributed by atoms with Crippen LogP contribution in [0.15, 0.2) is 60.7 Å². The fraction of sp³-hybridized carbons (Fsp3) is 0.182. The number of fused-ring (bicyclic) bond motifs is 2. The normalized spacial score (nSPS) is 16.0.